The summed E-state index contributed by atoms with van der Waals surface area (Å²) >= 11 is 8.85. The maximum absolute atomic E-state index is 11.9. The number of carbonyl (C=O) groups is 2. The van der Waals surface area contributed by atoms with Gasteiger partial charge in [-0.3, -0.25) is 9.59 Å². The molecule has 2 aromatic rings. The Morgan fingerprint density at radius 1 is 1.21 bits per heavy atom. The third kappa shape index (κ3) is 3.45. The van der Waals surface area contributed by atoms with E-state index in [0.717, 1.165) is 0 Å². The van der Waals surface area contributed by atoms with Crippen molar-refractivity contribution in [2.75, 3.05) is 5.32 Å². The van der Waals surface area contributed by atoms with Crippen molar-refractivity contribution in [2.24, 2.45) is 0 Å². The number of hydrogen-bond donors (Lipinski definition) is 2. The Hall–Kier alpha value is -1.59. The summed E-state index contributed by atoms with van der Waals surface area (Å²) in [4.78, 5) is 25.7. The molecular weight excluding hydrogens is 332 g/mol. The van der Waals surface area contributed by atoms with Crippen molar-refractivity contribution in [3.05, 3.63) is 53.3 Å². The highest BCUT2D eigenvalue weighted by Crippen LogP contribution is 2.16. The fraction of sp³-hybridized carbons (Fsp3) is 0.0769. The number of ketones is 1. The van der Waals surface area contributed by atoms with Crippen LogP contribution in [0.1, 0.15) is 10.4 Å². The molecule has 1 atom stereocenters. The lowest BCUT2D eigenvalue weighted by molar-refractivity contribution is -0.114. The third-order valence-electron chi connectivity index (χ3n) is 2.45. The Morgan fingerprint density at radius 3 is 2.47 bits per heavy atom. The summed E-state index contributed by atoms with van der Waals surface area (Å²) < 4.78 is 0. The topological polar surface area (TPSA) is 62.0 Å². The number of Topliss-reactive ketones (excluding diaryl/α,β-unsaturated/α-hetero) is 1. The quantitative estimate of drug-likeness (QED) is 0.509. The first kappa shape index (κ1) is 13.8. The minimum absolute atomic E-state index is 0.298. The van der Waals surface area contributed by atoms with Crippen molar-refractivity contribution in [1.82, 2.24) is 4.98 Å². The van der Waals surface area contributed by atoms with Crippen LogP contribution in [0.25, 0.3) is 0 Å². The fourth-order valence-electron chi connectivity index (χ4n) is 1.48. The zero-order chi connectivity index (χ0) is 13.8. The molecule has 98 valence electrons. The monoisotopic (exact) mass is 340 g/mol. The molecule has 0 aliphatic carbocycles. The number of nitrogens with one attached hydrogen (secondary N) is 2. The molecule has 0 bridgehead atoms. The summed E-state index contributed by atoms with van der Waals surface area (Å²) in [6.07, 6.45) is 3.18. The van der Waals surface area contributed by atoms with Gasteiger partial charge in [0, 0.05) is 28.7 Å². The highest BCUT2D eigenvalue weighted by molar-refractivity contribution is 9.10. The summed E-state index contributed by atoms with van der Waals surface area (Å²) in [6.45, 7) is 0. The molecule has 1 aromatic carbocycles. The number of hydrogen-bond acceptors (Lipinski definition) is 2. The van der Waals surface area contributed by atoms with E-state index >= 15 is 0 Å². The van der Waals surface area contributed by atoms with Gasteiger partial charge in [0.1, 0.15) is 0 Å². The lowest BCUT2D eigenvalue weighted by Gasteiger charge is -2.09. The second kappa shape index (κ2) is 6.04. The molecule has 0 spiro atoms. The van der Waals surface area contributed by atoms with Crippen molar-refractivity contribution in [2.45, 2.75) is 4.83 Å². The van der Waals surface area contributed by atoms with Gasteiger partial charge in [-0.15, -0.1) is 0 Å². The SMILES string of the molecule is O=C(Nc1ccc(Cl)cc1)C(Br)C(=O)c1cc[nH]c1. The molecule has 0 aliphatic rings. The van der Waals surface area contributed by atoms with E-state index in [4.69, 9.17) is 11.6 Å². The summed E-state index contributed by atoms with van der Waals surface area (Å²) in [6, 6.07) is 8.27. The average molecular weight is 342 g/mol. The standard InChI is InChI=1S/C13H10BrClN2O2/c14-11(12(18)8-5-6-16-7-8)13(19)17-10-3-1-9(15)2-4-10/h1-7,11,16H,(H,17,19). The zero-order valence-corrected chi connectivity index (χ0v) is 12.0. The van der Waals surface area contributed by atoms with Crippen LogP contribution < -0.4 is 5.32 Å². The Bertz CT molecular complexity index is 581. The first-order valence-corrected chi connectivity index (χ1v) is 6.75. The number of amides is 1. The van der Waals surface area contributed by atoms with Gasteiger partial charge < -0.3 is 10.3 Å². The Labute approximate surface area is 123 Å². The number of alkyl halides is 1. The van der Waals surface area contributed by atoms with Crippen LogP contribution in [0.2, 0.25) is 5.02 Å². The van der Waals surface area contributed by atoms with Crippen LogP contribution in [0.5, 0.6) is 0 Å². The fourth-order valence-corrected chi connectivity index (χ4v) is 1.99. The molecule has 1 heterocycles. The molecule has 4 nitrogen and oxygen atoms in total. The second-order valence-electron chi connectivity index (χ2n) is 3.82. The molecule has 2 N–H and O–H groups in total. The molecule has 6 heteroatoms. The lowest BCUT2D eigenvalue weighted by atomic mass is 10.1. The maximum atomic E-state index is 11.9. The first-order valence-electron chi connectivity index (χ1n) is 5.45. The highest BCUT2D eigenvalue weighted by Gasteiger charge is 2.24. The number of aromatic amines is 1. The molecule has 0 radical (unpaired) electrons. The summed E-state index contributed by atoms with van der Waals surface area (Å²) in [5.74, 6) is -0.721. The largest absolute Gasteiger partial charge is 0.367 e. The number of aromatic nitrogens is 1. The van der Waals surface area contributed by atoms with Crippen LogP contribution in [0.3, 0.4) is 0 Å². The maximum Gasteiger partial charge on any atom is 0.246 e. The van der Waals surface area contributed by atoms with E-state index in [9.17, 15) is 9.59 Å². The van der Waals surface area contributed by atoms with Crippen molar-refractivity contribution in [3.8, 4) is 0 Å². The number of rotatable bonds is 4. The normalized spacial score (nSPS) is 11.9. The van der Waals surface area contributed by atoms with Gasteiger partial charge in [-0.05, 0) is 30.3 Å². The molecule has 1 amide bonds. The van der Waals surface area contributed by atoms with Crippen molar-refractivity contribution >= 4 is 44.9 Å². The average Bonchev–Trinajstić information content (AvgIpc) is 2.93. The van der Waals surface area contributed by atoms with Gasteiger partial charge in [-0.2, -0.15) is 0 Å². The van der Waals surface area contributed by atoms with Gasteiger partial charge in [0.2, 0.25) is 5.91 Å². The molecule has 0 fully saturated rings. The van der Waals surface area contributed by atoms with Crippen molar-refractivity contribution in [1.29, 1.82) is 0 Å². The van der Waals surface area contributed by atoms with E-state index in [-0.39, 0.29) is 5.78 Å². The van der Waals surface area contributed by atoms with Gasteiger partial charge in [0.25, 0.3) is 0 Å². The van der Waals surface area contributed by atoms with Crippen molar-refractivity contribution in [3.63, 3.8) is 0 Å². The Balaban J connectivity index is 2.03. The Kier molecular flexibility index (Phi) is 4.39. The van der Waals surface area contributed by atoms with Crippen LogP contribution in [-0.4, -0.2) is 21.5 Å². The van der Waals surface area contributed by atoms with Crippen LogP contribution in [0, 0.1) is 0 Å². The smallest absolute Gasteiger partial charge is 0.246 e. The number of carbonyl (C=O) groups excluding carboxylic acids is 2. The lowest BCUT2D eigenvalue weighted by Crippen LogP contribution is -2.29. The highest BCUT2D eigenvalue weighted by atomic mass is 79.9. The predicted molar refractivity (Wildman–Crippen MR) is 77.9 cm³/mol. The van der Waals surface area contributed by atoms with Crippen LogP contribution in [0.4, 0.5) is 5.69 Å². The van der Waals surface area contributed by atoms with E-state index in [2.05, 4.69) is 26.2 Å². The number of H-pyrrole nitrogens is 1. The van der Waals surface area contributed by atoms with E-state index in [1.54, 1.807) is 42.7 Å². The van der Waals surface area contributed by atoms with E-state index < -0.39 is 10.7 Å². The molecule has 0 saturated carbocycles. The van der Waals surface area contributed by atoms with Gasteiger partial charge in [-0.25, -0.2) is 0 Å². The molecule has 1 aromatic heterocycles. The van der Waals surface area contributed by atoms with Gasteiger partial charge in [0.15, 0.2) is 10.6 Å². The molecule has 19 heavy (non-hydrogen) atoms. The van der Waals surface area contributed by atoms with Crippen LogP contribution in [0.15, 0.2) is 42.7 Å². The van der Waals surface area contributed by atoms with E-state index in [1.807, 2.05) is 0 Å². The minimum atomic E-state index is -0.932. The molecular formula is C13H10BrClN2O2. The molecule has 1 unspecified atom stereocenters. The first-order chi connectivity index (χ1) is 9.08. The van der Waals surface area contributed by atoms with Crippen molar-refractivity contribution < 1.29 is 9.59 Å². The van der Waals surface area contributed by atoms with E-state index in [0.29, 0.717) is 16.3 Å². The second-order valence-corrected chi connectivity index (χ2v) is 5.17. The Morgan fingerprint density at radius 2 is 1.89 bits per heavy atom. The molecule has 0 aliphatic heterocycles. The summed E-state index contributed by atoms with van der Waals surface area (Å²) in [5.41, 5.74) is 1.04. The minimum Gasteiger partial charge on any atom is -0.367 e. The zero-order valence-electron chi connectivity index (χ0n) is 9.69. The van der Waals surface area contributed by atoms with Gasteiger partial charge in [0.05, 0.1) is 0 Å². The summed E-state index contributed by atoms with van der Waals surface area (Å²) in [7, 11) is 0. The molecule has 2 rings (SSSR count). The van der Waals surface area contributed by atoms with Crippen LogP contribution >= 0.6 is 27.5 Å². The molecule has 0 saturated heterocycles. The van der Waals surface area contributed by atoms with Gasteiger partial charge >= 0.3 is 0 Å². The number of halogens is 2. The van der Waals surface area contributed by atoms with Crippen LogP contribution in [-0.2, 0) is 4.79 Å². The van der Waals surface area contributed by atoms with Gasteiger partial charge in [-0.1, -0.05) is 27.5 Å². The third-order valence-corrected chi connectivity index (χ3v) is 3.54. The predicted octanol–water partition coefficient (Wildman–Crippen LogP) is 3.25. The number of benzene rings is 1. The number of anilines is 1. The van der Waals surface area contributed by atoms with E-state index in [1.165, 1.54) is 0 Å². The summed E-state index contributed by atoms with van der Waals surface area (Å²) in [5, 5.41) is 3.22.